The van der Waals surface area contributed by atoms with Gasteiger partial charge in [-0.05, 0) is 60.9 Å². The zero-order valence-corrected chi connectivity index (χ0v) is 24.0. The monoisotopic (exact) mass is 538 g/mol. The van der Waals surface area contributed by atoms with Crippen LogP contribution in [0.15, 0.2) is 47.4 Å². The summed E-state index contributed by atoms with van der Waals surface area (Å²) in [5.41, 5.74) is 11.0. The number of carboxylic acids is 1. The van der Waals surface area contributed by atoms with E-state index < -0.39 is 17.0 Å². The topological polar surface area (TPSA) is 127 Å². The molecule has 0 radical (unpaired) electrons. The molecule has 204 valence electrons. The molecule has 8 nitrogen and oxygen atoms in total. The zero-order valence-electron chi connectivity index (χ0n) is 23.2. The molecule has 0 amide bonds. The Hall–Kier alpha value is -3.30. The van der Waals surface area contributed by atoms with E-state index in [9.17, 15) is 14.1 Å². The van der Waals surface area contributed by atoms with Crippen LogP contribution in [0.3, 0.4) is 0 Å². The van der Waals surface area contributed by atoms with Crippen LogP contribution in [0.4, 0.5) is 5.95 Å². The van der Waals surface area contributed by atoms with Crippen LogP contribution in [0, 0.1) is 19.3 Å². The summed E-state index contributed by atoms with van der Waals surface area (Å²) in [5.74, 6) is -0.382. The maximum Gasteiger partial charge on any atom is 0.335 e. The van der Waals surface area contributed by atoms with Crippen molar-refractivity contribution in [3.05, 3.63) is 64.7 Å². The Bertz CT molecular complexity index is 1330. The number of aromatic carboxylic acids is 1. The summed E-state index contributed by atoms with van der Waals surface area (Å²) in [6.07, 6.45) is 0.772. The van der Waals surface area contributed by atoms with Crippen LogP contribution in [0.1, 0.15) is 74.0 Å². The van der Waals surface area contributed by atoms with Crippen molar-refractivity contribution in [3.63, 3.8) is 0 Å². The van der Waals surface area contributed by atoms with Gasteiger partial charge in [0.1, 0.15) is 6.61 Å². The minimum absolute atomic E-state index is 0.0431. The van der Waals surface area contributed by atoms with Crippen LogP contribution in [0.5, 0.6) is 5.88 Å². The number of ether oxygens (including phenoxy) is 1. The molecule has 4 N–H and O–H groups in total. The number of rotatable bonds is 10. The van der Waals surface area contributed by atoms with Gasteiger partial charge in [-0.15, -0.1) is 0 Å². The molecule has 9 heteroatoms. The molecule has 0 bridgehead atoms. The lowest BCUT2D eigenvalue weighted by Gasteiger charge is -2.24. The van der Waals surface area contributed by atoms with E-state index >= 15 is 0 Å². The minimum Gasteiger partial charge on any atom is -0.478 e. The van der Waals surface area contributed by atoms with Crippen LogP contribution in [0.2, 0.25) is 0 Å². The maximum absolute atomic E-state index is 13.2. The van der Waals surface area contributed by atoms with Crippen LogP contribution in [-0.4, -0.2) is 37.9 Å². The number of nitrogens with zero attached hydrogens (tertiary/aromatic N) is 2. The number of carboxylic acid groups (broad SMARTS) is 1. The van der Waals surface area contributed by atoms with E-state index in [-0.39, 0.29) is 35.5 Å². The van der Waals surface area contributed by atoms with Gasteiger partial charge < -0.3 is 15.6 Å². The second-order valence-corrected chi connectivity index (χ2v) is 12.3. The van der Waals surface area contributed by atoms with Crippen molar-refractivity contribution in [3.8, 4) is 17.1 Å². The number of aryl methyl sites for hydroxylation is 1. The second kappa shape index (κ2) is 12.0. The van der Waals surface area contributed by atoms with Crippen LogP contribution in [-0.2, 0) is 11.0 Å². The number of benzene rings is 2. The van der Waals surface area contributed by atoms with Crippen molar-refractivity contribution < 1.29 is 18.8 Å². The molecule has 0 aliphatic rings. The fourth-order valence-electron chi connectivity index (χ4n) is 4.34. The minimum atomic E-state index is -1.80. The standard InChI is InChI=1S/C29H38N4O4S/c1-17(2)23-13-8-10-18(3)24(23)25-19(4)26(37-16-21(30)15-29(5,6)7)32-28(31-25)33-38(36)22-12-9-11-20(14-22)27(34)35/h8-14,17,21H,15-16,30H2,1-7H3,(H,34,35)(H,31,32,33). The molecule has 0 spiro atoms. The molecular weight excluding hydrogens is 500 g/mol. The Kier molecular flexibility index (Phi) is 9.27. The molecule has 2 unspecified atom stereocenters. The first-order chi connectivity index (χ1) is 17.8. The number of nitrogens with two attached hydrogens (primary N) is 1. The van der Waals surface area contributed by atoms with Crippen molar-refractivity contribution in [1.29, 1.82) is 0 Å². The molecule has 0 aliphatic carbocycles. The summed E-state index contributed by atoms with van der Waals surface area (Å²) in [7, 11) is -1.80. The highest BCUT2D eigenvalue weighted by Gasteiger charge is 2.22. The summed E-state index contributed by atoms with van der Waals surface area (Å²) in [4.78, 5) is 21.0. The van der Waals surface area contributed by atoms with Gasteiger partial charge in [-0.3, -0.25) is 4.72 Å². The first-order valence-corrected chi connectivity index (χ1v) is 13.8. The van der Waals surface area contributed by atoms with E-state index in [2.05, 4.69) is 50.4 Å². The predicted octanol–water partition coefficient (Wildman–Crippen LogP) is 5.86. The first-order valence-electron chi connectivity index (χ1n) is 12.7. The normalized spacial score (nSPS) is 13.3. The number of carbonyl (C=O) groups is 1. The number of anilines is 1. The molecule has 1 heterocycles. The van der Waals surface area contributed by atoms with Crippen molar-refractivity contribution >= 4 is 22.9 Å². The van der Waals surface area contributed by atoms with Crippen molar-refractivity contribution in [2.75, 3.05) is 11.3 Å². The van der Waals surface area contributed by atoms with Crippen molar-refractivity contribution in [2.24, 2.45) is 11.1 Å². The van der Waals surface area contributed by atoms with Gasteiger partial charge in [-0.25, -0.2) is 14.0 Å². The zero-order chi connectivity index (χ0) is 28.2. The van der Waals surface area contributed by atoms with E-state index in [1.54, 1.807) is 12.1 Å². The SMILES string of the molecule is Cc1cccc(C(C)C)c1-c1nc(NS(=O)c2cccc(C(=O)O)c2)nc(OCC(N)CC(C)(C)C)c1C. The predicted molar refractivity (Wildman–Crippen MR) is 152 cm³/mol. The number of hydrogen-bond acceptors (Lipinski definition) is 6. The summed E-state index contributed by atoms with van der Waals surface area (Å²) in [6, 6.07) is 11.9. The first kappa shape index (κ1) is 29.3. The summed E-state index contributed by atoms with van der Waals surface area (Å²) < 4.78 is 22.1. The highest BCUT2D eigenvalue weighted by atomic mass is 32.2. The third-order valence-electron chi connectivity index (χ3n) is 6.05. The van der Waals surface area contributed by atoms with Gasteiger partial charge in [-0.1, -0.05) is 58.9 Å². The molecule has 1 aromatic heterocycles. The van der Waals surface area contributed by atoms with E-state index in [4.69, 9.17) is 15.5 Å². The van der Waals surface area contributed by atoms with Crippen molar-refractivity contribution in [1.82, 2.24) is 9.97 Å². The number of hydrogen-bond donors (Lipinski definition) is 3. The van der Waals surface area contributed by atoms with E-state index in [1.165, 1.54) is 12.1 Å². The van der Waals surface area contributed by atoms with E-state index in [0.717, 1.165) is 28.7 Å². The quantitative estimate of drug-likeness (QED) is 0.295. The Morgan fingerprint density at radius 2 is 1.82 bits per heavy atom. The average Bonchev–Trinajstić information content (AvgIpc) is 2.83. The molecule has 0 saturated carbocycles. The highest BCUT2D eigenvalue weighted by molar-refractivity contribution is 7.86. The Labute approximate surface area is 227 Å². The fraction of sp³-hybridized carbons (Fsp3) is 0.414. The smallest absolute Gasteiger partial charge is 0.335 e. The molecule has 2 atom stereocenters. The molecule has 2 aromatic carbocycles. The molecule has 0 fully saturated rings. The van der Waals surface area contributed by atoms with Crippen LogP contribution >= 0.6 is 0 Å². The molecular formula is C29H38N4O4S. The Balaban J connectivity index is 2.06. The van der Waals surface area contributed by atoms with Gasteiger partial charge in [0.15, 0.2) is 11.0 Å². The lowest BCUT2D eigenvalue weighted by Crippen LogP contribution is -2.32. The van der Waals surface area contributed by atoms with Gasteiger partial charge in [0.05, 0.1) is 16.2 Å². The Morgan fingerprint density at radius 1 is 1.13 bits per heavy atom. The molecule has 0 aliphatic heterocycles. The number of aromatic nitrogens is 2. The molecule has 38 heavy (non-hydrogen) atoms. The second-order valence-electron chi connectivity index (χ2n) is 11.1. The van der Waals surface area contributed by atoms with Gasteiger partial charge >= 0.3 is 5.97 Å². The molecule has 0 saturated heterocycles. The summed E-state index contributed by atoms with van der Waals surface area (Å²) >= 11 is 0. The Morgan fingerprint density at radius 3 is 2.45 bits per heavy atom. The lowest BCUT2D eigenvalue weighted by atomic mass is 9.89. The van der Waals surface area contributed by atoms with Gasteiger partial charge in [-0.2, -0.15) is 4.98 Å². The van der Waals surface area contributed by atoms with Crippen LogP contribution < -0.4 is 15.2 Å². The third-order valence-corrected chi connectivity index (χ3v) is 7.10. The summed E-state index contributed by atoms with van der Waals surface area (Å²) in [6.45, 7) is 14.8. The lowest BCUT2D eigenvalue weighted by molar-refractivity contribution is 0.0696. The average molecular weight is 539 g/mol. The number of nitrogens with one attached hydrogen (secondary N) is 1. The molecule has 3 rings (SSSR count). The van der Waals surface area contributed by atoms with Gasteiger partial charge in [0.25, 0.3) is 0 Å². The summed E-state index contributed by atoms with van der Waals surface area (Å²) in [5, 5.41) is 9.31. The van der Waals surface area contributed by atoms with Crippen molar-refractivity contribution in [2.45, 2.75) is 71.7 Å². The largest absolute Gasteiger partial charge is 0.478 e. The van der Waals surface area contributed by atoms with Gasteiger partial charge in [0.2, 0.25) is 11.8 Å². The van der Waals surface area contributed by atoms with Gasteiger partial charge in [0, 0.05) is 17.2 Å². The fourth-order valence-corrected chi connectivity index (χ4v) is 5.15. The van der Waals surface area contributed by atoms with E-state index in [0.29, 0.717) is 16.5 Å². The van der Waals surface area contributed by atoms with E-state index in [1.807, 2.05) is 26.0 Å². The maximum atomic E-state index is 13.2. The van der Waals surface area contributed by atoms with Crippen LogP contribution in [0.25, 0.3) is 11.3 Å². The third kappa shape index (κ3) is 7.39. The molecule has 3 aromatic rings. The highest BCUT2D eigenvalue weighted by Crippen LogP contribution is 2.36.